The Balaban J connectivity index is 0.00000480. The minimum absolute atomic E-state index is 0. The van der Waals surface area contributed by atoms with Gasteiger partial charge in [0.2, 0.25) is 5.91 Å². The van der Waals surface area contributed by atoms with Crippen LogP contribution < -0.4 is 10.6 Å². The molecule has 2 N–H and O–H groups in total. The number of benzene rings is 1. The van der Waals surface area contributed by atoms with Crippen LogP contribution in [-0.2, 0) is 16.1 Å². The molecule has 31 heavy (non-hydrogen) atoms. The lowest BCUT2D eigenvalue weighted by Crippen LogP contribution is -2.55. The van der Waals surface area contributed by atoms with Crippen LogP contribution in [0.4, 0.5) is 0 Å². The van der Waals surface area contributed by atoms with Crippen molar-refractivity contribution in [2.45, 2.75) is 19.5 Å². The van der Waals surface area contributed by atoms with Crippen LogP contribution in [0.25, 0.3) is 0 Å². The zero-order chi connectivity index (χ0) is 21.8. The van der Waals surface area contributed by atoms with Crippen LogP contribution >= 0.6 is 24.0 Å². The summed E-state index contributed by atoms with van der Waals surface area (Å²) < 4.78 is 4.96. The fourth-order valence-electron chi connectivity index (χ4n) is 3.42. The highest BCUT2D eigenvalue weighted by Gasteiger charge is 2.21. The molecule has 1 aromatic carbocycles. The second-order valence-electron chi connectivity index (χ2n) is 7.78. The molecule has 1 aliphatic heterocycles. The molecule has 0 spiro atoms. The average Bonchev–Trinajstić information content (AvgIpc) is 2.76. The fourth-order valence-corrected chi connectivity index (χ4v) is 3.42. The maximum absolute atomic E-state index is 12.0. The standard InChI is InChI=1S/C22H38N6O2.HI/c1-19(26(3)17-20-8-6-5-7-9-20)16-25-22(23-2)28-13-11-27(12-14-28)18-21(29)24-10-15-30-4;/h5-9,19H,10-18H2,1-4H3,(H,23,25)(H,24,29);1H. The van der Waals surface area contributed by atoms with Gasteiger partial charge in [-0.15, -0.1) is 24.0 Å². The van der Waals surface area contributed by atoms with Crippen molar-refractivity contribution in [3.63, 3.8) is 0 Å². The zero-order valence-corrected chi connectivity index (χ0v) is 21.7. The minimum Gasteiger partial charge on any atom is -0.383 e. The van der Waals surface area contributed by atoms with Gasteiger partial charge in [-0.2, -0.15) is 0 Å². The number of rotatable bonds is 10. The van der Waals surface area contributed by atoms with Gasteiger partial charge in [0.15, 0.2) is 5.96 Å². The molecule has 2 rings (SSSR count). The number of carbonyl (C=O) groups excluding carboxylic acids is 1. The third-order valence-electron chi connectivity index (χ3n) is 5.46. The number of aliphatic imine (C=N–C) groups is 1. The molecule has 0 aromatic heterocycles. The van der Waals surface area contributed by atoms with Gasteiger partial charge in [-0.05, 0) is 19.5 Å². The maximum Gasteiger partial charge on any atom is 0.234 e. The molecule has 1 fully saturated rings. The van der Waals surface area contributed by atoms with Gasteiger partial charge < -0.3 is 20.3 Å². The van der Waals surface area contributed by atoms with Crippen molar-refractivity contribution < 1.29 is 9.53 Å². The quantitative estimate of drug-likeness (QED) is 0.198. The lowest BCUT2D eigenvalue weighted by atomic mass is 10.2. The molecule has 1 unspecified atom stereocenters. The van der Waals surface area contributed by atoms with Crippen molar-refractivity contribution in [2.75, 3.05) is 73.6 Å². The SMILES string of the molecule is CN=C(NCC(C)N(C)Cc1ccccc1)N1CCN(CC(=O)NCCOC)CC1.I. The topological polar surface area (TPSA) is 72.4 Å². The summed E-state index contributed by atoms with van der Waals surface area (Å²) in [5, 5.41) is 6.39. The summed E-state index contributed by atoms with van der Waals surface area (Å²) in [5.41, 5.74) is 1.32. The van der Waals surface area contributed by atoms with E-state index in [1.54, 1.807) is 7.11 Å². The van der Waals surface area contributed by atoms with Gasteiger partial charge >= 0.3 is 0 Å². The van der Waals surface area contributed by atoms with Gasteiger partial charge in [0.05, 0.1) is 13.2 Å². The lowest BCUT2D eigenvalue weighted by molar-refractivity contribution is -0.122. The number of hydrogen-bond acceptors (Lipinski definition) is 5. The van der Waals surface area contributed by atoms with Crippen molar-refractivity contribution in [1.29, 1.82) is 0 Å². The van der Waals surface area contributed by atoms with Gasteiger partial charge in [-0.25, -0.2) is 0 Å². The molecule has 1 amide bonds. The van der Waals surface area contributed by atoms with Crippen molar-refractivity contribution >= 4 is 35.8 Å². The molecule has 1 aromatic rings. The molecule has 0 bridgehead atoms. The summed E-state index contributed by atoms with van der Waals surface area (Å²) in [6, 6.07) is 10.9. The van der Waals surface area contributed by atoms with Crippen LogP contribution in [0.2, 0.25) is 0 Å². The number of amides is 1. The largest absolute Gasteiger partial charge is 0.383 e. The number of likely N-dealkylation sites (N-methyl/N-ethyl adjacent to an activating group) is 1. The molecule has 0 aliphatic carbocycles. The molecule has 0 radical (unpaired) electrons. The molecule has 9 heteroatoms. The van der Waals surface area contributed by atoms with E-state index in [0.29, 0.717) is 25.7 Å². The number of halogens is 1. The number of nitrogens with one attached hydrogen (secondary N) is 2. The summed E-state index contributed by atoms with van der Waals surface area (Å²) in [5.74, 6) is 0.984. The van der Waals surface area contributed by atoms with Gasteiger partial charge in [0.1, 0.15) is 0 Å². The van der Waals surface area contributed by atoms with Crippen molar-refractivity contribution in [1.82, 2.24) is 25.3 Å². The van der Waals surface area contributed by atoms with E-state index in [1.807, 2.05) is 13.1 Å². The van der Waals surface area contributed by atoms with Crippen LogP contribution in [0.3, 0.4) is 0 Å². The number of hydrogen-bond donors (Lipinski definition) is 2. The molecular weight excluding hydrogens is 507 g/mol. The van der Waals surface area contributed by atoms with Gasteiger partial charge in [0.25, 0.3) is 0 Å². The summed E-state index contributed by atoms with van der Waals surface area (Å²) in [7, 11) is 5.61. The predicted molar refractivity (Wildman–Crippen MR) is 137 cm³/mol. The first-order valence-electron chi connectivity index (χ1n) is 10.7. The Bertz CT molecular complexity index is 653. The minimum atomic E-state index is 0. The smallest absolute Gasteiger partial charge is 0.234 e. The van der Waals surface area contributed by atoms with E-state index in [0.717, 1.165) is 45.2 Å². The highest BCUT2D eigenvalue weighted by atomic mass is 127. The van der Waals surface area contributed by atoms with Crippen LogP contribution in [0.5, 0.6) is 0 Å². The Kier molecular flexibility index (Phi) is 13.7. The summed E-state index contributed by atoms with van der Waals surface area (Å²) in [6.45, 7) is 8.94. The number of carbonyl (C=O) groups is 1. The van der Waals surface area contributed by atoms with Gasteiger partial charge in [-0.3, -0.25) is 19.6 Å². The third-order valence-corrected chi connectivity index (χ3v) is 5.46. The monoisotopic (exact) mass is 546 g/mol. The third kappa shape index (κ3) is 10.2. The average molecular weight is 546 g/mol. The van der Waals surface area contributed by atoms with Crippen LogP contribution in [0.15, 0.2) is 35.3 Å². The highest BCUT2D eigenvalue weighted by molar-refractivity contribution is 14.0. The van der Waals surface area contributed by atoms with Crippen molar-refractivity contribution in [3.8, 4) is 0 Å². The Hall–Kier alpha value is -1.43. The van der Waals surface area contributed by atoms with Crippen molar-refractivity contribution in [3.05, 3.63) is 35.9 Å². The number of methoxy groups -OCH3 is 1. The highest BCUT2D eigenvalue weighted by Crippen LogP contribution is 2.06. The van der Waals surface area contributed by atoms with E-state index in [2.05, 4.69) is 68.6 Å². The van der Waals surface area contributed by atoms with E-state index >= 15 is 0 Å². The maximum atomic E-state index is 12.0. The van der Waals surface area contributed by atoms with Gasteiger partial charge in [0, 0.05) is 66.0 Å². The molecule has 1 heterocycles. The summed E-state index contributed by atoms with van der Waals surface area (Å²) in [4.78, 5) is 23.2. The molecule has 1 saturated heterocycles. The van der Waals surface area contributed by atoms with Crippen LogP contribution in [0, 0.1) is 0 Å². The van der Waals surface area contributed by atoms with E-state index in [9.17, 15) is 4.79 Å². The first kappa shape index (κ1) is 27.6. The van der Waals surface area contributed by atoms with Crippen LogP contribution in [-0.4, -0.2) is 106 Å². The van der Waals surface area contributed by atoms with E-state index in [4.69, 9.17) is 4.74 Å². The molecule has 1 atom stereocenters. The van der Waals surface area contributed by atoms with Crippen molar-refractivity contribution in [2.24, 2.45) is 4.99 Å². The Morgan fingerprint density at radius 1 is 1.19 bits per heavy atom. The van der Waals surface area contributed by atoms with Gasteiger partial charge in [-0.1, -0.05) is 30.3 Å². The molecule has 176 valence electrons. The van der Waals surface area contributed by atoms with E-state index in [1.165, 1.54) is 5.56 Å². The van der Waals surface area contributed by atoms with E-state index in [-0.39, 0.29) is 29.9 Å². The first-order valence-corrected chi connectivity index (χ1v) is 10.7. The zero-order valence-electron chi connectivity index (χ0n) is 19.3. The summed E-state index contributed by atoms with van der Waals surface area (Å²) in [6.07, 6.45) is 0. The summed E-state index contributed by atoms with van der Waals surface area (Å²) >= 11 is 0. The first-order chi connectivity index (χ1) is 14.5. The second-order valence-corrected chi connectivity index (χ2v) is 7.78. The molecule has 0 saturated carbocycles. The number of ether oxygens (including phenoxy) is 1. The number of guanidine groups is 1. The second kappa shape index (κ2) is 15.4. The lowest BCUT2D eigenvalue weighted by Gasteiger charge is -2.36. The predicted octanol–water partition coefficient (Wildman–Crippen LogP) is 1.08. The normalized spacial score (nSPS) is 16.0. The Morgan fingerprint density at radius 2 is 1.87 bits per heavy atom. The fraction of sp³-hybridized carbons (Fsp3) is 0.636. The Labute approximate surface area is 204 Å². The van der Waals surface area contributed by atoms with Crippen LogP contribution in [0.1, 0.15) is 12.5 Å². The molecule has 1 aliphatic rings. The number of nitrogens with zero attached hydrogens (tertiary/aromatic N) is 4. The number of piperazine rings is 1. The molecule has 8 nitrogen and oxygen atoms in total. The van der Waals surface area contributed by atoms with E-state index < -0.39 is 0 Å². The Morgan fingerprint density at radius 3 is 2.48 bits per heavy atom. The molecular formula is C22H39IN6O2.